The first-order valence-corrected chi connectivity index (χ1v) is 13.1. The number of ether oxygens (including phenoxy) is 2. The second-order valence-corrected chi connectivity index (χ2v) is 13.1. The maximum atomic E-state index is 13.8. The Kier molecular flexibility index (Phi) is 9.63. The van der Waals surface area contributed by atoms with Crippen molar-refractivity contribution in [3.8, 4) is 0 Å². The largest absolute Gasteiger partial charge is 0.379 e. The maximum Gasteiger partial charge on any atom is 0.241 e. The van der Waals surface area contributed by atoms with E-state index in [2.05, 4.69) is 63.0 Å². The van der Waals surface area contributed by atoms with Gasteiger partial charge in [0.15, 0.2) is 0 Å². The van der Waals surface area contributed by atoms with Gasteiger partial charge in [-0.1, -0.05) is 11.6 Å². The molecule has 2 fully saturated rings. The van der Waals surface area contributed by atoms with Crippen LogP contribution >= 0.6 is 7.44 Å². The molecule has 0 aliphatic carbocycles. The first kappa shape index (κ1) is 26.1. The summed E-state index contributed by atoms with van der Waals surface area (Å²) in [4.78, 5) is 4.87. The van der Waals surface area contributed by atoms with Gasteiger partial charge in [-0.25, -0.2) is 9.34 Å². The van der Waals surface area contributed by atoms with Gasteiger partial charge in [-0.05, 0) is 48.7 Å². The van der Waals surface area contributed by atoms with Crippen LogP contribution in [0.15, 0.2) is 11.6 Å². The Bertz CT molecular complexity index is 614. The van der Waals surface area contributed by atoms with Gasteiger partial charge < -0.3 is 9.47 Å². The first-order valence-electron chi connectivity index (χ1n) is 11.3. The van der Waals surface area contributed by atoms with Gasteiger partial charge in [-0.15, -0.1) is 0 Å². The molecule has 2 rings (SSSR count). The fourth-order valence-electron chi connectivity index (χ4n) is 3.98. The highest BCUT2D eigenvalue weighted by Gasteiger charge is 2.37. The molecular weight excluding hydrogens is 398 g/mol. The minimum absolute atomic E-state index is 0.0181. The predicted octanol–water partition coefficient (Wildman–Crippen LogP) is 1.76. The molecule has 2 heterocycles. The number of allylic oxidation sites excluding steroid dienone is 1. The van der Waals surface area contributed by atoms with E-state index >= 15 is 0 Å². The molecule has 0 bridgehead atoms. The van der Waals surface area contributed by atoms with Crippen molar-refractivity contribution in [3.63, 3.8) is 0 Å². The second-order valence-electron chi connectivity index (χ2n) is 10.2. The monoisotopic (exact) mass is 442 g/mol. The average molecular weight is 442 g/mol. The number of rotatable bonds is 8. The van der Waals surface area contributed by atoms with Crippen LogP contribution in [0.4, 0.5) is 0 Å². The van der Waals surface area contributed by atoms with E-state index in [1.165, 1.54) is 5.57 Å². The molecular formula is C21H44BN4O3P. The van der Waals surface area contributed by atoms with E-state index in [1.54, 1.807) is 0 Å². The molecule has 2 aliphatic rings. The molecule has 0 aromatic carbocycles. The van der Waals surface area contributed by atoms with Crippen molar-refractivity contribution >= 4 is 15.3 Å². The molecule has 174 valence electrons. The molecule has 0 amide bonds. The van der Waals surface area contributed by atoms with Gasteiger partial charge in [0, 0.05) is 57.4 Å². The van der Waals surface area contributed by atoms with E-state index in [-0.39, 0.29) is 24.0 Å². The standard InChI is InChI=1S/C21H44BN4O3P/c1-18(2)8-9-24-10-12-26(13-11-24)30(27,23(6)7)17-28-16-19-14-25(21(3,4)5)15-20(22)29-19/h8,19-20H,9-17,22H2,1-7H3. The average Bonchev–Trinajstić information content (AvgIpc) is 2.65. The van der Waals surface area contributed by atoms with Crippen LogP contribution in [0.3, 0.4) is 0 Å². The molecule has 7 nitrogen and oxygen atoms in total. The molecule has 0 radical (unpaired) electrons. The Morgan fingerprint density at radius 2 is 1.83 bits per heavy atom. The van der Waals surface area contributed by atoms with Crippen molar-refractivity contribution in [1.82, 2.24) is 19.1 Å². The molecule has 0 spiro atoms. The second kappa shape index (κ2) is 11.1. The van der Waals surface area contributed by atoms with E-state index in [1.807, 2.05) is 18.8 Å². The number of nitrogens with zero attached hydrogens (tertiary/aromatic N) is 4. The summed E-state index contributed by atoms with van der Waals surface area (Å²) in [7, 11) is 3.19. The van der Waals surface area contributed by atoms with Gasteiger partial charge >= 0.3 is 0 Å². The fourth-order valence-corrected chi connectivity index (χ4v) is 6.03. The molecule has 2 saturated heterocycles. The van der Waals surface area contributed by atoms with Crippen LogP contribution in [-0.2, 0) is 14.0 Å². The topological polar surface area (TPSA) is 48.5 Å². The molecule has 0 aromatic heterocycles. The van der Waals surface area contributed by atoms with Crippen molar-refractivity contribution in [3.05, 3.63) is 11.6 Å². The molecule has 0 aromatic rings. The third kappa shape index (κ3) is 7.44. The van der Waals surface area contributed by atoms with Crippen LogP contribution in [0.25, 0.3) is 0 Å². The highest BCUT2D eigenvalue weighted by atomic mass is 31.2. The van der Waals surface area contributed by atoms with Crippen LogP contribution in [0, 0.1) is 0 Å². The van der Waals surface area contributed by atoms with Crippen LogP contribution in [-0.4, -0.2) is 117 Å². The van der Waals surface area contributed by atoms with Crippen LogP contribution in [0.5, 0.6) is 0 Å². The Morgan fingerprint density at radius 1 is 1.20 bits per heavy atom. The first-order chi connectivity index (χ1) is 13.9. The van der Waals surface area contributed by atoms with E-state index < -0.39 is 7.44 Å². The fraction of sp³-hybridized carbons (Fsp3) is 0.905. The number of hydrogen-bond donors (Lipinski definition) is 0. The van der Waals surface area contributed by atoms with Crippen molar-refractivity contribution in [1.29, 1.82) is 0 Å². The molecule has 0 N–H and O–H groups in total. The lowest BCUT2D eigenvalue weighted by molar-refractivity contribution is -0.101. The Balaban J connectivity index is 1.88. The lowest BCUT2D eigenvalue weighted by Crippen LogP contribution is -2.56. The zero-order valence-electron chi connectivity index (χ0n) is 20.6. The zero-order valence-corrected chi connectivity index (χ0v) is 21.5. The minimum Gasteiger partial charge on any atom is -0.379 e. The third-order valence-electron chi connectivity index (χ3n) is 6.01. The lowest BCUT2D eigenvalue weighted by Gasteiger charge is -2.44. The summed E-state index contributed by atoms with van der Waals surface area (Å²) >= 11 is 0. The summed E-state index contributed by atoms with van der Waals surface area (Å²) in [5.74, 6) is 0. The molecule has 3 atom stereocenters. The molecule has 30 heavy (non-hydrogen) atoms. The van der Waals surface area contributed by atoms with E-state index in [0.717, 1.165) is 45.8 Å². The molecule has 0 saturated carbocycles. The quantitative estimate of drug-likeness (QED) is 0.323. The van der Waals surface area contributed by atoms with Gasteiger partial charge in [-0.2, -0.15) is 0 Å². The van der Waals surface area contributed by atoms with Gasteiger partial charge in [0.1, 0.15) is 14.2 Å². The van der Waals surface area contributed by atoms with Crippen molar-refractivity contribution in [2.45, 2.75) is 52.3 Å². The van der Waals surface area contributed by atoms with Crippen LogP contribution < -0.4 is 0 Å². The summed E-state index contributed by atoms with van der Waals surface area (Å²) in [6.07, 6.45) is 2.53. The Hall–Kier alpha value is -0.205. The summed E-state index contributed by atoms with van der Waals surface area (Å²) in [6.45, 7) is 17.7. The van der Waals surface area contributed by atoms with Gasteiger partial charge in [-0.3, -0.25) is 14.4 Å². The zero-order chi connectivity index (χ0) is 22.5. The summed E-state index contributed by atoms with van der Waals surface area (Å²) in [5.41, 5.74) is 1.45. The summed E-state index contributed by atoms with van der Waals surface area (Å²) in [5, 5.41) is 0. The van der Waals surface area contributed by atoms with E-state index in [0.29, 0.717) is 6.61 Å². The molecule has 9 heteroatoms. The van der Waals surface area contributed by atoms with E-state index in [9.17, 15) is 4.57 Å². The minimum atomic E-state index is -2.73. The van der Waals surface area contributed by atoms with Gasteiger partial charge in [0.25, 0.3) is 0 Å². The van der Waals surface area contributed by atoms with Crippen LogP contribution in [0.1, 0.15) is 34.6 Å². The normalized spacial score (nSPS) is 27.2. The van der Waals surface area contributed by atoms with Crippen molar-refractivity contribution < 1.29 is 14.0 Å². The number of piperazine rings is 1. The molecule has 3 unspecified atom stereocenters. The van der Waals surface area contributed by atoms with E-state index in [4.69, 9.17) is 9.47 Å². The van der Waals surface area contributed by atoms with Gasteiger partial charge in [0.2, 0.25) is 7.44 Å². The number of morpholine rings is 1. The van der Waals surface area contributed by atoms with Crippen LogP contribution in [0.2, 0.25) is 0 Å². The summed E-state index contributed by atoms with van der Waals surface area (Å²) in [6, 6.07) is 0.182. The number of hydrogen-bond acceptors (Lipinski definition) is 5. The maximum absolute atomic E-state index is 13.8. The predicted molar refractivity (Wildman–Crippen MR) is 128 cm³/mol. The summed E-state index contributed by atoms with van der Waals surface area (Å²) < 4.78 is 30.0. The molecule has 2 aliphatic heterocycles. The highest BCUT2D eigenvalue weighted by Crippen LogP contribution is 2.51. The Morgan fingerprint density at radius 3 is 2.37 bits per heavy atom. The highest BCUT2D eigenvalue weighted by molar-refractivity contribution is 7.58. The van der Waals surface area contributed by atoms with Crippen molar-refractivity contribution in [2.75, 3.05) is 72.9 Å². The SMILES string of the molecule is BC1CN(C(C)(C)C)CC(COCP(=O)(N(C)C)N2CCN(CC=C(C)C)CC2)O1. The smallest absolute Gasteiger partial charge is 0.241 e. The lowest BCUT2D eigenvalue weighted by atomic mass is 9.94. The third-order valence-corrected chi connectivity index (χ3v) is 9.06. The van der Waals surface area contributed by atoms with Crippen molar-refractivity contribution in [2.24, 2.45) is 0 Å². The Labute approximate surface area is 185 Å². The van der Waals surface area contributed by atoms with Gasteiger partial charge in [0.05, 0.1) is 12.7 Å².